The van der Waals surface area contributed by atoms with Gasteiger partial charge in [0.1, 0.15) is 0 Å². The number of thiophene rings is 1. The SMILES string of the molecule is CN1CCN(Cc2ccc(C(=O)Nc3cccc(-c4ccncc4)c3)s2)CC1. The van der Waals surface area contributed by atoms with Crippen LogP contribution >= 0.6 is 11.3 Å². The number of piperazine rings is 1. The molecular formula is C22H24N4OS. The van der Waals surface area contributed by atoms with Crippen molar-refractivity contribution in [2.75, 3.05) is 38.5 Å². The van der Waals surface area contributed by atoms with Crippen molar-refractivity contribution in [1.82, 2.24) is 14.8 Å². The lowest BCUT2D eigenvalue weighted by Crippen LogP contribution is -2.43. The van der Waals surface area contributed by atoms with E-state index in [0.29, 0.717) is 0 Å². The summed E-state index contributed by atoms with van der Waals surface area (Å²) in [6, 6.07) is 15.8. The molecule has 6 heteroatoms. The van der Waals surface area contributed by atoms with Gasteiger partial charge in [-0.05, 0) is 54.6 Å². The number of anilines is 1. The topological polar surface area (TPSA) is 48.5 Å². The van der Waals surface area contributed by atoms with Gasteiger partial charge in [0.15, 0.2) is 0 Å². The fraction of sp³-hybridized carbons (Fsp3) is 0.273. The van der Waals surface area contributed by atoms with Crippen molar-refractivity contribution in [3.8, 4) is 11.1 Å². The lowest BCUT2D eigenvalue weighted by Gasteiger charge is -2.31. The number of nitrogens with one attached hydrogen (secondary N) is 1. The Kier molecular flexibility index (Phi) is 5.81. The second-order valence-electron chi connectivity index (χ2n) is 7.12. The maximum atomic E-state index is 12.7. The molecule has 4 rings (SSSR count). The van der Waals surface area contributed by atoms with Crippen molar-refractivity contribution in [3.63, 3.8) is 0 Å². The van der Waals surface area contributed by atoms with E-state index in [1.54, 1.807) is 23.7 Å². The fourth-order valence-electron chi connectivity index (χ4n) is 3.32. The molecule has 5 nitrogen and oxygen atoms in total. The Morgan fingerprint density at radius 2 is 1.82 bits per heavy atom. The van der Waals surface area contributed by atoms with Gasteiger partial charge in [-0.2, -0.15) is 0 Å². The Morgan fingerprint density at radius 1 is 1.04 bits per heavy atom. The minimum absolute atomic E-state index is 0.0542. The van der Waals surface area contributed by atoms with Crippen LogP contribution in [0.4, 0.5) is 5.69 Å². The monoisotopic (exact) mass is 392 g/mol. The van der Waals surface area contributed by atoms with Gasteiger partial charge in [-0.15, -0.1) is 11.3 Å². The summed E-state index contributed by atoms with van der Waals surface area (Å²) in [7, 11) is 2.16. The number of hydrogen-bond donors (Lipinski definition) is 1. The van der Waals surface area contributed by atoms with Crippen LogP contribution in [0.5, 0.6) is 0 Å². The Hall–Kier alpha value is -2.54. The van der Waals surface area contributed by atoms with Crippen LogP contribution in [0.3, 0.4) is 0 Å². The summed E-state index contributed by atoms with van der Waals surface area (Å²) >= 11 is 1.58. The summed E-state index contributed by atoms with van der Waals surface area (Å²) in [6.45, 7) is 5.29. The molecule has 0 bridgehead atoms. The molecule has 0 atom stereocenters. The number of benzene rings is 1. The number of carbonyl (C=O) groups is 1. The molecule has 1 aliphatic rings. The van der Waals surface area contributed by atoms with Crippen molar-refractivity contribution in [2.45, 2.75) is 6.54 Å². The summed E-state index contributed by atoms with van der Waals surface area (Å²) < 4.78 is 0. The number of amides is 1. The Morgan fingerprint density at radius 3 is 2.61 bits per heavy atom. The van der Waals surface area contributed by atoms with Gasteiger partial charge in [0, 0.05) is 55.7 Å². The third-order valence-electron chi connectivity index (χ3n) is 4.99. The zero-order valence-corrected chi connectivity index (χ0v) is 16.8. The Bertz CT molecular complexity index is 932. The molecule has 28 heavy (non-hydrogen) atoms. The molecule has 1 aliphatic heterocycles. The van der Waals surface area contributed by atoms with Gasteiger partial charge >= 0.3 is 0 Å². The summed E-state index contributed by atoms with van der Waals surface area (Å²) in [6.07, 6.45) is 3.54. The first-order valence-corrected chi connectivity index (χ1v) is 10.3. The smallest absolute Gasteiger partial charge is 0.265 e. The highest BCUT2D eigenvalue weighted by molar-refractivity contribution is 7.14. The second-order valence-corrected chi connectivity index (χ2v) is 8.28. The van der Waals surface area contributed by atoms with Crippen molar-refractivity contribution in [1.29, 1.82) is 0 Å². The lowest BCUT2D eigenvalue weighted by atomic mass is 10.1. The minimum Gasteiger partial charge on any atom is -0.321 e. The molecule has 3 aromatic rings. The molecule has 0 unspecified atom stereocenters. The van der Waals surface area contributed by atoms with Crippen molar-refractivity contribution in [3.05, 3.63) is 70.7 Å². The van der Waals surface area contributed by atoms with Gasteiger partial charge < -0.3 is 10.2 Å². The highest BCUT2D eigenvalue weighted by atomic mass is 32.1. The van der Waals surface area contributed by atoms with E-state index in [1.807, 2.05) is 42.5 Å². The quantitative estimate of drug-likeness (QED) is 0.717. The van der Waals surface area contributed by atoms with Crippen molar-refractivity contribution >= 4 is 22.9 Å². The van der Waals surface area contributed by atoms with Crippen LogP contribution in [0.2, 0.25) is 0 Å². The molecule has 1 N–H and O–H groups in total. The van der Waals surface area contributed by atoms with E-state index in [2.05, 4.69) is 33.2 Å². The predicted molar refractivity (Wildman–Crippen MR) is 115 cm³/mol. The standard InChI is InChI=1S/C22H24N4OS/c1-25-11-13-26(14-12-25)16-20-5-6-21(28-20)22(27)24-19-4-2-3-18(15-19)17-7-9-23-10-8-17/h2-10,15H,11-14,16H2,1H3,(H,24,27). The number of pyridine rings is 1. The molecule has 3 heterocycles. The molecule has 144 valence electrons. The van der Waals surface area contributed by atoms with Crippen LogP contribution in [-0.4, -0.2) is 53.9 Å². The molecule has 1 amide bonds. The van der Waals surface area contributed by atoms with Gasteiger partial charge in [-0.25, -0.2) is 0 Å². The lowest BCUT2D eigenvalue weighted by molar-refractivity contribution is 0.103. The van der Waals surface area contributed by atoms with E-state index < -0.39 is 0 Å². The molecule has 1 fully saturated rings. The molecule has 0 spiro atoms. The number of aromatic nitrogens is 1. The Balaban J connectivity index is 1.40. The summed E-state index contributed by atoms with van der Waals surface area (Å²) in [4.78, 5) is 23.5. The van der Waals surface area contributed by atoms with Crippen LogP contribution in [0.15, 0.2) is 60.9 Å². The summed E-state index contributed by atoms with van der Waals surface area (Å²) in [5, 5.41) is 3.03. The van der Waals surface area contributed by atoms with Gasteiger partial charge in [-0.1, -0.05) is 12.1 Å². The van der Waals surface area contributed by atoms with Gasteiger partial charge in [0.05, 0.1) is 4.88 Å². The molecule has 0 aliphatic carbocycles. The molecule has 1 aromatic carbocycles. The van der Waals surface area contributed by atoms with Gasteiger partial charge in [0.25, 0.3) is 5.91 Å². The summed E-state index contributed by atoms with van der Waals surface area (Å²) in [5.41, 5.74) is 2.94. The van der Waals surface area contributed by atoms with E-state index in [0.717, 1.165) is 54.4 Å². The highest BCUT2D eigenvalue weighted by Crippen LogP contribution is 2.24. The van der Waals surface area contributed by atoms with E-state index in [9.17, 15) is 4.79 Å². The third kappa shape index (κ3) is 4.65. The zero-order chi connectivity index (χ0) is 19.3. The second kappa shape index (κ2) is 8.65. The van der Waals surface area contributed by atoms with E-state index in [1.165, 1.54) is 4.88 Å². The van der Waals surface area contributed by atoms with Gasteiger partial charge in [0.2, 0.25) is 0 Å². The fourth-order valence-corrected chi connectivity index (χ4v) is 4.27. The van der Waals surface area contributed by atoms with Crippen LogP contribution in [0.25, 0.3) is 11.1 Å². The molecule has 2 aromatic heterocycles. The Labute approximate surface area is 169 Å². The number of nitrogens with zero attached hydrogens (tertiary/aromatic N) is 3. The average Bonchev–Trinajstić information content (AvgIpc) is 3.19. The maximum absolute atomic E-state index is 12.7. The highest BCUT2D eigenvalue weighted by Gasteiger charge is 2.16. The average molecular weight is 393 g/mol. The van der Waals surface area contributed by atoms with Crippen molar-refractivity contribution in [2.24, 2.45) is 0 Å². The van der Waals surface area contributed by atoms with Crippen LogP contribution in [0.1, 0.15) is 14.5 Å². The number of hydrogen-bond acceptors (Lipinski definition) is 5. The van der Waals surface area contributed by atoms with E-state index in [4.69, 9.17) is 0 Å². The normalized spacial score (nSPS) is 15.5. The van der Waals surface area contributed by atoms with E-state index >= 15 is 0 Å². The molecule has 0 saturated carbocycles. The third-order valence-corrected chi connectivity index (χ3v) is 6.06. The predicted octanol–water partition coefficient (Wildman–Crippen LogP) is 3.81. The number of carbonyl (C=O) groups excluding carboxylic acids is 1. The first-order valence-electron chi connectivity index (χ1n) is 9.49. The minimum atomic E-state index is -0.0542. The van der Waals surface area contributed by atoms with Crippen molar-refractivity contribution < 1.29 is 4.79 Å². The molecular weight excluding hydrogens is 368 g/mol. The first-order chi connectivity index (χ1) is 13.7. The number of likely N-dealkylation sites (N-methyl/N-ethyl adjacent to an activating group) is 1. The maximum Gasteiger partial charge on any atom is 0.265 e. The van der Waals surface area contributed by atoms with Gasteiger partial charge in [-0.3, -0.25) is 14.7 Å². The van der Waals surface area contributed by atoms with Crippen LogP contribution in [0, 0.1) is 0 Å². The zero-order valence-electron chi connectivity index (χ0n) is 16.0. The molecule has 0 radical (unpaired) electrons. The van der Waals surface area contributed by atoms with Crippen LogP contribution in [-0.2, 0) is 6.54 Å². The largest absolute Gasteiger partial charge is 0.321 e. The molecule has 1 saturated heterocycles. The van der Waals surface area contributed by atoms with E-state index in [-0.39, 0.29) is 5.91 Å². The first kappa shape index (κ1) is 18.8. The van der Waals surface area contributed by atoms with Crippen LogP contribution < -0.4 is 5.32 Å². The summed E-state index contributed by atoms with van der Waals surface area (Å²) in [5.74, 6) is -0.0542. The number of rotatable bonds is 5.